The van der Waals surface area contributed by atoms with E-state index in [-0.39, 0.29) is 11.3 Å². The molecule has 4 rings (SSSR count). The van der Waals surface area contributed by atoms with E-state index in [1.54, 1.807) is 48.4 Å². The number of aryl methyl sites for hydroxylation is 1. The van der Waals surface area contributed by atoms with Crippen LogP contribution in [-0.2, 0) is 14.3 Å². The molecule has 1 amide bonds. The van der Waals surface area contributed by atoms with E-state index in [1.165, 1.54) is 7.11 Å². The monoisotopic (exact) mass is 552 g/mol. The molecule has 2 aromatic rings. The number of carbonyl (C=O) groups excluding carboxylic acids is 2. The molecular formula is C31H40N2O7. The second-order valence-corrected chi connectivity index (χ2v) is 10.6. The van der Waals surface area contributed by atoms with Crippen LogP contribution in [0.15, 0.2) is 42.0 Å². The van der Waals surface area contributed by atoms with Crippen LogP contribution >= 0.6 is 0 Å². The summed E-state index contributed by atoms with van der Waals surface area (Å²) in [6, 6.07) is 9.81. The quantitative estimate of drug-likeness (QED) is 0.252. The first kappa shape index (κ1) is 29.4. The normalized spacial score (nSPS) is 19.4. The number of carbonyl (C=O) groups is 2. The van der Waals surface area contributed by atoms with Gasteiger partial charge in [0.05, 0.1) is 45.7 Å². The second-order valence-electron chi connectivity index (χ2n) is 10.6. The van der Waals surface area contributed by atoms with Crippen molar-refractivity contribution in [3.8, 4) is 17.2 Å². The Kier molecular flexibility index (Phi) is 9.71. The van der Waals surface area contributed by atoms with Gasteiger partial charge in [0.2, 0.25) is 0 Å². The molecule has 0 spiro atoms. The van der Waals surface area contributed by atoms with E-state index < -0.39 is 17.7 Å². The van der Waals surface area contributed by atoms with Gasteiger partial charge >= 0.3 is 0 Å². The highest BCUT2D eigenvalue weighted by molar-refractivity contribution is 6.46. The summed E-state index contributed by atoms with van der Waals surface area (Å²) in [7, 11) is 3.08. The number of morpholine rings is 1. The number of hydrogen-bond donors (Lipinski definition) is 1. The highest BCUT2D eigenvalue weighted by Gasteiger charge is 2.46. The summed E-state index contributed by atoms with van der Waals surface area (Å²) in [5.41, 5.74) is 1.98. The summed E-state index contributed by atoms with van der Waals surface area (Å²) in [4.78, 5) is 30.7. The van der Waals surface area contributed by atoms with E-state index in [4.69, 9.17) is 18.9 Å². The lowest BCUT2D eigenvalue weighted by molar-refractivity contribution is -0.140. The molecule has 2 heterocycles. The van der Waals surface area contributed by atoms with Gasteiger partial charge < -0.3 is 29.0 Å². The van der Waals surface area contributed by atoms with Gasteiger partial charge in [-0.2, -0.15) is 0 Å². The second kappa shape index (κ2) is 13.2. The number of methoxy groups -OCH3 is 2. The molecule has 2 aliphatic heterocycles. The lowest BCUT2D eigenvalue weighted by Crippen LogP contribution is -2.38. The molecule has 0 unspecified atom stereocenters. The first-order chi connectivity index (χ1) is 19.2. The number of nitrogens with zero attached hydrogens (tertiary/aromatic N) is 2. The SMILES string of the molecule is COc1ccc([C@@H]2/C(=C(\O)c3ccc(OCC(C)C)c(C)c3)C(=O)C(=O)N2CCCN2CCOCC2)cc1OC. The largest absolute Gasteiger partial charge is 0.507 e. The summed E-state index contributed by atoms with van der Waals surface area (Å²) < 4.78 is 22.2. The van der Waals surface area contributed by atoms with Crippen molar-refractivity contribution in [3.05, 3.63) is 58.7 Å². The Bertz CT molecular complexity index is 1250. The fourth-order valence-electron chi connectivity index (χ4n) is 5.14. The molecule has 2 fully saturated rings. The standard InChI is InChI=1S/C31H40N2O7/c1-20(2)19-40-24-9-8-23(17-21(24)3)29(34)27-28(22-7-10-25(37-4)26(18-22)38-5)33(31(36)30(27)35)12-6-11-32-13-15-39-16-14-32/h7-10,17-18,20,28,34H,6,11-16,19H2,1-5H3/b29-27+/t28-/m1/s1. The molecule has 0 aliphatic carbocycles. The number of amides is 1. The van der Waals surface area contributed by atoms with Crippen molar-refractivity contribution in [1.29, 1.82) is 0 Å². The zero-order chi connectivity index (χ0) is 28.8. The highest BCUT2D eigenvalue weighted by atomic mass is 16.5. The number of hydrogen-bond acceptors (Lipinski definition) is 8. The maximum Gasteiger partial charge on any atom is 0.295 e. The van der Waals surface area contributed by atoms with Crippen molar-refractivity contribution in [2.24, 2.45) is 5.92 Å². The first-order valence-electron chi connectivity index (χ1n) is 13.8. The summed E-state index contributed by atoms with van der Waals surface area (Å²) in [6.07, 6.45) is 0.678. The summed E-state index contributed by atoms with van der Waals surface area (Å²) in [5.74, 6) is 0.536. The number of ether oxygens (including phenoxy) is 4. The molecule has 2 aromatic carbocycles. The molecule has 1 N–H and O–H groups in total. The number of ketones is 1. The summed E-state index contributed by atoms with van der Waals surface area (Å²) >= 11 is 0. The van der Waals surface area contributed by atoms with Crippen molar-refractivity contribution in [3.63, 3.8) is 0 Å². The van der Waals surface area contributed by atoms with Crippen molar-refractivity contribution in [1.82, 2.24) is 9.80 Å². The first-order valence-corrected chi connectivity index (χ1v) is 13.8. The van der Waals surface area contributed by atoms with Crippen LogP contribution in [0.1, 0.15) is 43.0 Å². The number of aliphatic hydroxyl groups is 1. The minimum absolute atomic E-state index is 0.0545. The average molecular weight is 553 g/mol. The van der Waals surface area contributed by atoms with E-state index in [1.807, 2.05) is 6.92 Å². The minimum Gasteiger partial charge on any atom is -0.507 e. The lowest BCUT2D eigenvalue weighted by Gasteiger charge is -2.29. The van der Waals surface area contributed by atoms with Crippen LogP contribution in [0.25, 0.3) is 5.76 Å². The number of rotatable bonds is 11. The Balaban J connectivity index is 1.71. The van der Waals surface area contributed by atoms with E-state index in [0.29, 0.717) is 67.1 Å². The van der Waals surface area contributed by atoms with Crippen molar-refractivity contribution >= 4 is 17.4 Å². The summed E-state index contributed by atoms with van der Waals surface area (Å²) in [6.45, 7) is 10.8. The zero-order valence-electron chi connectivity index (χ0n) is 24.1. The van der Waals surface area contributed by atoms with Gasteiger partial charge in [0.15, 0.2) is 11.5 Å². The predicted molar refractivity (Wildman–Crippen MR) is 152 cm³/mol. The van der Waals surface area contributed by atoms with Gasteiger partial charge in [-0.05, 0) is 60.7 Å². The molecule has 9 heteroatoms. The van der Waals surface area contributed by atoms with E-state index in [9.17, 15) is 14.7 Å². The highest BCUT2D eigenvalue weighted by Crippen LogP contribution is 2.42. The molecule has 1 atom stereocenters. The van der Waals surface area contributed by atoms with Gasteiger partial charge in [0, 0.05) is 31.7 Å². The van der Waals surface area contributed by atoms with Crippen LogP contribution in [0.2, 0.25) is 0 Å². The van der Waals surface area contributed by atoms with Crippen molar-refractivity contribution < 1.29 is 33.6 Å². The van der Waals surface area contributed by atoms with Gasteiger partial charge in [0.25, 0.3) is 11.7 Å². The van der Waals surface area contributed by atoms with Gasteiger partial charge in [-0.1, -0.05) is 19.9 Å². The smallest absolute Gasteiger partial charge is 0.295 e. The Hall–Kier alpha value is -3.56. The van der Waals surface area contributed by atoms with Crippen LogP contribution in [0.3, 0.4) is 0 Å². The Morgan fingerprint density at radius 3 is 2.35 bits per heavy atom. The van der Waals surface area contributed by atoms with Gasteiger partial charge in [0.1, 0.15) is 11.5 Å². The van der Waals surface area contributed by atoms with Crippen LogP contribution in [-0.4, -0.2) is 86.8 Å². The molecule has 0 radical (unpaired) electrons. The third-order valence-electron chi connectivity index (χ3n) is 7.26. The van der Waals surface area contributed by atoms with Crippen molar-refractivity contribution in [2.75, 3.05) is 60.2 Å². The fraction of sp³-hybridized carbons (Fsp3) is 0.484. The molecule has 2 aliphatic rings. The Morgan fingerprint density at radius 1 is 1.00 bits per heavy atom. The fourth-order valence-corrected chi connectivity index (χ4v) is 5.14. The number of likely N-dealkylation sites (tertiary alicyclic amines) is 1. The minimum atomic E-state index is -0.776. The number of aliphatic hydroxyl groups excluding tert-OH is 1. The molecule has 216 valence electrons. The molecule has 0 aromatic heterocycles. The molecule has 0 saturated carbocycles. The van der Waals surface area contributed by atoms with E-state index in [0.717, 1.165) is 25.2 Å². The molecule has 9 nitrogen and oxygen atoms in total. The number of benzene rings is 2. The average Bonchev–Trinajstić information content (AvgIpc) is 3.21. The van der Waals surface area contributed by atoms with E-state index >= 15 is 0 Å². The van der Waals surface area contributed by atoms with Crippen LogP contribution in [0.4, 0.5) is 0 Å². The third-order valence-corrected chi connectivity index (χ3v) is 7.26. The third kappa shape index (κ3) is 6.42. The molecule has 2 saturated heterocycles. The Morgan fingerprint density at radius 2 is 1.70 bits per heavy atom. The topological polar surface area (TPSA) is 97.8 Å². The van der Waals surface area contributed by atoms with Crippen LogP contribution < -0.4 is 14.2 Å². The molecule has 40 heavy (non-hydrogen) atoms. The predicted octanol–water partition coefficient (Wildman–Crippen LogP) is 4.19. The van der Waals surface area contributed by atoms with Gasteiger partial charge in [-0.3, -0.25) is 14.5 Å². The summed E-state index contributed by atoms with van der Waals surface area (Å²) in [5, 5.41) is 11.5. The maximum atomic E-state index is 13.5. The lowest BCUT2D eigenvalue weighted by atomic mass is 9.94. The Labute approximate surface area is 236 Å². The zero-order valence-corrected chi connectivity index (χ0v) is 24.1. The number of Topliss-reactive ketones (excluding diaryl/α,β-unsaturated/α-hetero) is 1. The molecular weight excluding hydrogens is 512 g/mol. The maximum absolute atomic E-state index is 13.5. The molecule has 0 bridgehead atoms. The van der Waals surface area contributed by atoms with Gasteiger partial charge in [-0.15, -0.1) is 0 Å². The van der Waals surface area contributed by atoms with Crippen LogP contribution in [0, 0.1) is 12.8 Å². The van der Waals surface area contributed by atoms with Gasteiger partial charge in [-0.25, -0.2) is 0 Å². The van der Waals surface area contributed by atoms with E-state index in [2.05, 4.69) is 18.7 Å². The van der Waals surface area contributed by atoms with Crippen molar-refractivity contribution in [2.45, 2.75) is 33.2 Å². The van der Waals surface area contributed by atoms with Crippen LogP contribution in [0.5, 0.6) is 17.2 Å².